The van der Waals surface area contributed by atoms with Gasteiger partial charge in [-0.1, -0.05) is 31.2 Å². The molecule has 0 aliphatic rings. The Morgan fingerprint density at radius 2 is 2.00 bits per heavy atom. The maximum Gasteiger partial charge on any atom is 0.121 e. The minimum Gasteiger partial charge on any atom is -0.380 e. The van der Waals surface area contributed by atoms with Crippen LogP contribution in [0.2, 0.25) is 0 Å². The highest BCUT2D eigenvalue weighted by molar-refractivity contribution is 7.12. The molecule has 1 N–H and O–H groups in total. The van der Waals surface area contributed by atoms with Gasteiger partial charge >= 0.3 is 0 Å². The highest BCUT2D eigenvalue weighted by atomic mass is 32.1. The summed E-state index contributed by atoms with van der Waals surface area (Å²) in [6.45, 7) is 6.06. The zero-order valence-corrected chi connectivity index (χ0v) is 11.3. The van der Waals surface area contributed by atoms with Crippen molar-refractivity contribution in [1.29, 1.82) is 0 Å². The first kappa shape index (κ1) is 12.3. The van der Waals surface area contributed by atoms with E-state index in [0.29, 0.717) is 0 Å². The molecular weight excluding hydrogens is 228 g/mol. The average Bonchev–Trinajstić information content (AvgIpc) is 2.76. The van der Waals surface area contributed by atoms with Crippen molar-refractivity contribution in [2.24, 2.45) is 0 Å². The molecule has 0 aliphatic heterocycles. The highest BCUT2D eigenvalue weighted by Crippen LogP contribution is 2.34. The minimum atomic E-state index is -0.885. The largest absolute Gasteiger partial charge is 0.380 e. The molecule has 0 saturated heterocycles. The summed E-state index contributed by atoms with van der Waals surface area (Å²) in [5, 5.41) is 10.7. The Balaban J connectivity index is 2.43. The van der Waals surface area contributed by atoms with Crippen LogP contribution in [-0.2, 0) is 12.0 Å². The lowest BCUT2D eigenvalue weighted by molar-refractivity contribution is 0.106. The molecule has 1 heterocycles. The summed E-state index contributed by atoms with van der Waals surface area (Å²) in [5.41, 5.74) is 1.35. The number of aryl methyl sites for hydroxylation is 2. The van der Waals surface area contributed by atoms with Crippen LogP contribution in [0.15, 0.2) is 36.4 Å². The Labute approximate surface area is 107 Å². The lowest BCUT2D eigenvalue weighted by Crippen LogP contribution is -2.21. The second-order valence-corrected chi connectivity index (χ2v) is 5.82. The fourth-order valence-corrected chi connectivity index (χ4v) is 2.87. The van der Waals surface area contributed by atoms with Crippen LogP contribution in [0.3, 0.4) is 0 Å². The molecule has 0 spiro atoms. The van der Waals surface area contributed by atoms with E-state index in [1.807, 2.05) is 25.1 Å². The van der Waals surface area contributed by atoms with Crippen LogP contribution in [0.1, 0.15) is 34.7 Å². The fourth-order valence-electron chi connectivity index (χ4n) is 1.93. The van der Waals surface area contributed by atoms with Gasteiger partial charge in [0, 0.05) is 9.75 Å². The summed E-state index contributed by atoms with van der Waals surface area (Å²) < 4.78 is 0. The molecule has 0 fully saturated rings. The van der Waals surface area contributed by atoms with Crippen molar-refractivity contribution in [2.75, 3.05) is 0 Å². The van der Waals surface area contributed by atoms with Crippen molar-refractivity contribution in [2.45, 2.75) is 32.8 Å². The molecule has 0 bridgehead atoms. The number of hydrogen-bond acceptors (Lipinski definition) is 2. The second kappa shape index (κ2) is 4.63. The first-order chi connectivity index (χ1) is 8.04. The van der Waals surface area contributed by atoms with Crippen LogP contribution < -0.4 is 0 Å². The highest BCUT2D eigenvalue weighted by Gasteiger charge is 2.27. The molecule has 0 saturated carbocycles. The lowest BCUT2D eigenvalue weighted by Gasteiger charge is -2.23. The number of hydrogen-bond donors (Lipinski definition) is 1. The predicted molar refractivity (Wildman–Crippen MR) is 73.5 cm³/mol. The smallest absolute Gasteiger partial charge is 0.121 e. The molecule has 2 aromatic rings. The molecule has 90 valence electrons. The van der Waals surface area contributed by atoms with Crippen LogP contribution >= 0.6 is 11.3 Å². The predicted octanol–water partition coefficient (Wildman–Crippen LogP) is 3.87. The fraction of sp³-hybridized carbons (Fsp3) is 0.333. The third kappa shape index (κ3) is 2.43. The van der Waals surface area contributed by atoms with E-state index in [2.05, 4.69) is 32.0 Å². The molecule has 2 heteroatoms. The molecule has 1 atom stereocenters. The molecule has 0 aliphatic carbocycles. The van der Waals surface area contributed by atoms with E-state index in [9.17, 15) is 5.11 Å². The molecule has 1 aromatic heterocycles. The molecule has 1 nitrogen and oxygen atoms in total. The minimum absolute atomic E-state index is 0.885. The number of benzene rings is 1. The molecule has 2 rings (SSSR count). The van der Waals surface area contributed by atoms with Gasteiger partial charge in [0.25, 0.3) is 0 Å². The van der Waals surface area contributed by atoms with Gasteiger partial charge in [0.1, 0.15) is 5.60 Å². The first-order valence-electron chi connectivity index (χ1n) is 5.92. The van der Waals surface area contributed by atoms with Crippen LogP contribution in [0.25, 0.3) is 0 Å². The van der Waals surface area contributed by atoms with Crippen molar-refractivity contribution in [3.05, 3.63) is 57.3 Å². The molecule has 0 amide bonds. The van der Waals surface area contributed by atoms with Gasteiger partial charge < -0.3 is 5.11 Å². The van der Waals surface area contributed by atoms with Gasteiger partial charge in [-0.3, -0.25) is 0 Å². The molecule has 1 unspecified atom stereocenters. The molecule has 0 radical (unpaired) electrons. The van der Waals surface area contributed by atoms with E-state index in [4.69, 9.17) is 0 Å². The van der Waals surface area contributed by atoms with Crippen LogP contribution in [0.4, 0.5) is 0 Å². The van der Waals surface area contributed by atoms with Crippen molar-refractivity contribution < 1.29 is 5.11 Å². The number of thiophene rings is 1. The SMILES string of the molecule is CCc1cccc(C(C)(O)c2ccc(C)s2)c1. The summed E-state index contributed by atoms with van der Waals surface area (Å²) in [7, 11) is 0. The van der Waals surface area contributed by atoms with E-state index in [1.165, 1.54) is 10.4 Å². The van der Waals surface area contributed by atoms with Gasteiger partial charge in [0.05, 0.1) is 0 Å². The monoisotopic (exact) mass is 246 g/mol. The standard InChI is InChI=1S/C15H18OS/c1-4-12-6-5-7-13(10-12)15(3,16)14-9-8-11(2)17-14/h5-10,16H,4H2,1-3H3. The van der Waals surface area contributed by atoms with Gasteiger partial charge in [0.15, 0.2) is 0 Å². The van der Waals surface area contributed by atoms with E-state index in [1.54, 1.807) is 11.3 Å². The summed E-state index contributed by atoms with van der Waals surface area (Å²) in [5.74, 6) is 0. The maximum atomic E-state index is 10.7. The van der Waals surface area contributed by atoms with Crippen molar-refractivity contribution in [1.82, 2.24) is 0 Å². The van der Waals surface area contributed by atoms with Crippen molar-refractivity contribution in [3.63, 3.8) is 0 Å². The summed E-state index contributed by atoms with van der Waals surface area (Å²) in [4.78, 5) is 2.23. The second-order valence-electron chi connectivity index (χ2n) is 4.54. The van der Waals surface area contributed by atoms with Crippen LogP contribution in [0.5, 0.6) is 0 Å². The summed E-state index contributed by atoms with van der Waals surface area (Å²) >= 11 is 1.65. The summed E-state index contributed by atoms with van der Waals surface area (Å²) in [6, 6.07) is 12.3. The molecule has 17 heavy (non-hydrogen) atoms. The Hall–Kier alpha value is -1.12. The van der Waals surface area contributed by atoms with Crippen molar-refractivity contribution >= 4 is 11.3 Å². The first-order valence-corrected chi connectivity index (χ1v) is 6.74. The topological polar surface area (TPSA) is 20.2 Å². The van der Waals surface area contributed by atoms with Gasteiger partial charge in [-0.05, 0) is 43.5 Å². The van der Waals surface area contributed by atoms with E-state index < -0.39 is 5.60 Å². The Morgan fingerprint density at radius 1 is 1.24 bits per heavy atom. The van der Waals surface area contributed by atoms with Gasteiger partial charge in [0.2, 0.25) is 0 Å². The molecular formula is C15H18OS. The lowest BCUT2D eigenvalue weighted by atomic mass is 9.92. The number of rotatable bonds is 3. The van der Waals surface area contributed by atoms with Gasteiger partial charge in [-0.2, -0.15) is 0 Å². The maximum absolute atomic E-state index is 10.7. The van der Waals surface area contributed by atoms with Crippen LogP contribution in [0, 0.1) is 6.92 Å². The van der Waals surface area contributed by atoms with E-state index >= 15 is 0 Å². The third-order valence-corrected chi connectivity index (χ3v) is 4.33. The average molecular weight is 246 g/mol. The van der Waals surface area contributed by atoms with Crippen molar-refractivity contribution in [3.8, 4) is 0 Å². The Kier molecular flexibility index (Phi) is 3.36. The Bertz CT molecular complexity index is 511. The zero-order valence-electron chi connectivity index (χ0n) is 10.5. The summed E-state index contributed by atoms with van der Waals surface area (Å²) in [6.07, 6.45) is 0.993. The van der Waals surface area contributed by atoms with E-state index in [0.717, 1.165) is 16.9 Å². The zero-order chi connectivity index (χ0) is 12.5. The normalized spacial score (nSPS) is 14.6. The quantitative estimate of drug-likeness (QED) is 0.871. The third-order valence-electron chi connectivity index (χ3n) is 3.12. The Morgan fingerprint density at radius 3 is 2.59 bits per heavy atom. The number of aliphatic hydroxyl groups is 1. The van der Waals surface area contributed by atoms with E-state index in [-0.39, 0.29) is 0 Å². The van der Waals surface area contributed by atoms with Crippen LogP contribution in [-0.4, -0.2) is 5.11 Å². The van der Waals surface area contributed by atoms with Gasteiger partial charge in [-0.15, -0.1) is 11.3 Å². The van der Waals surface area contributed by atoms with Gasteiger partial charge in [-0.25, -0.2) is 0 Å². The molecule has 1 aromatic carbocycles.